The molecule has 5 heterocycles. The Morgan fingerprint density at radius 1 is 1.18 bits per heavy atom. The molecule has 4 aromatic rings. The molecule has 1 aliphatic rings. The first-order valence-corrected chi connectivity index (χ1v) is 12.0. The fourth-order valence-electron chi connectivity index (χ4n) is 4.71. The molecule has 0 aromatic carbocycles. The maximum atomic E-state index is 13.5. The molecule has 1 N–H and O–H groups in total. The monoisotopic (exact) mass is 579 g/mol. The number of hydrogen-bond acceptors (Lipinski definition) is 6. The number of ketones is 1. The van der Waals surface area contributed by atoms with Crippen LogP contribution >= 0.6 is 34.2 Å². The second kappa shape index (κ2) is 8.64. The number of anilines is 1. The molecule has 33 heavy (non-hydrogen) atoms. The van der Waals surface area contributed by atoms with Gasteiger partial charge in [-0.2, -0.15) is 10.2 Å². The van der Waals surface area contributed by atoms with Crippen LogP contribution < -0.4 is 4.90 Å². The lowest BCUT2D eigenvalue weighted by atomic mass is 9.82. The molecular formula is C22H20ClFIN7O. The first-order chi connectivity index (χ1) is 15.8. The van der Waals surface area contributed by atoms with E-state index < -0.39 is 0 Å². The van der Waals surface area contributed by atoms with Crippen molar-refractivity contribution in [3.05, 3.63) is 56.9 Å². The van der Waals surface area contributed by atoms with E-state index in [-0.39, 0.29) is 29.6 Å². The lowest BCUT2D eigenvalue weighted by Gasteiger charge is -2.43. The average Bonchev–Trinajstić information content (AvgIpc) is 3.43. The number of rotatable bonds is 4. The predicted molar refractivity (Wildman–Crippen MR) is 131 cm³/mol. The molecule has 0 unspecified atom stereocenters. The van der Waals surface area contributed by atoms with Gasteiger partial charge in [-0.3, -0.25) is 4.79 Å². The predicted octanol–water partition coefficient (Wildman–Crippen LogP) is 4.81. The van der Waals surface area contributed by atoms with E-state index in [0.29, 0.717) is 40.3 Å². The number of carbonyl (C=O) groups excluding carboxylic acids is 1. The van der Waals surface area contributed by atoms with E-state index in [4.69, 9.17) is 11.6 Å². The van der Waals surface area contributed by atoms with Crippen molar-refractivity contribution in [2.75, 3.05) is 4.90 Å². The highest BCUT2D eigenvalue weighted by molar-refractivity contribution is 14.1. The Bertz CT molecular complexity index is 1330. The number of nitrogens with zero attached hydrogens (tertiary/aromatic N) is 6. The van der Waals surface area contributed by atoms with Gasteiger partial charge in [0.1, 0.15) is 17.3 Å². The molecule has 170 valence electrons. The Morgan fingerprint density at radius 3 is 2.55 bits per heavy atom. The van der Waals surface area contributed by atoms with E-state index in [1.165, 1.54) is 17.1 Å². The van der Waals surface area contributed by atoms with Crippen LogP contribution in [0, 0.1) is 15.3 Å². The Morgan fingerprint density at radius 2 is 1.88 bits per heavy atom. The van der Waals surface area contributed by atoms with Crippen LogP contribution in [0.15, 0.2) is 36.9 Å². The zero-order chi connectivity index (χ0) is 23.3. The average molecular weight is 580 g/mol. The smallest absolute Gasteiger partial charge is 0.195 e. The summed E-state index contributed by atoms with van der Waals surface area (Å²) < 4.78 is 14.3. The van der Waals surface area contributed by atoms with Crippen LogP contribution in [0.1, 0.15) is 37.0 Å². The maximum Gasteiger partial charge on any atom is 0.195 e. The van der Waals surface area contributed by atoms with Crippen molar-refractivity contribution in [3.8, 4) is 5.82 Å². The molecule has 1 fully saturated rings. The summed E-state index contributed by atoms with van der Waals surface area (Å²) in [7, 11) is 0. The highest BCUT2D eigenvalue weighted by Crippen LogP contribution is 2.36. The number of fused-ring (bicyclic) bond motifs is 1. The van der Waals surface area contributed by atoms with Gasteiger partial charge < -0.3 is 9.88 Å². The number of carbonyl (C=O) groups is 1. The zero-order valence-electron chi connectivity index (χ0n) is 17.8. The maximum absolute atomic E-state index is 13.5. The van der Waals surface area contributed by atoms with Gasteiger partial charge in [-0.05, 0) is 61.4 Å². The van der Waals surface area contributed by atoms with E-state index in [1.807, 2.05) is 0 Å². The third-order valence-electron chi connectivity index (χ3n) is 6.08. The molecule has 0 aliphatic carbocycles. The van der Waals surface area contributed by atoms with E-state index in [9.17, 15) is 9.18 Å². The number of nitrogens with one attached hydrogen (secondary N) is 1. The van der Waals surface area contributed by atoms with Gasteiger partial charge in [-0.15, -0.1) is 4.80 Å². The molecular weight excluding hydrogens is 560 g/mol. The van der Waals surface area contributed by atoms with Crippen LogP contribution in [0.3, 0.4) is 0 Å². The van der Waals surface area contributed by atoms with Crippen LogP contribution in [-0.4, -0.2) is 47.8 Å². The van der Waals surface area contributed by atoms with E-state index >= 15 is 0 Å². The van der Waals surface area contributed by atoms with E-state index in [2.05, 4.69) is 66.5 Å². The molecule has 11 heteroatoms. The normalized spacial score (nSPS) is 21.0. The molecule has 1 aliphatic heterocycles. The Balaban J connectivity index is 1.42. The van der Waals surface area contributed by atoms with E-state index in [1.54, 1.807) is 24.7 Å². The van der Waals surface area contributed by atoms with Crippen molar-refractivity contribution in [1.82, 2.24) is 29.9 Å². The fraction of sp³-hybridized carbons (Fsp3) is 0.318. The third kappa shape index (κ3) is 3.99. The van der Waals surface area contributed by atoms with Crippen molar-refractivity contribution in [2.45, 2.75) is 38.8 Å². The minimum atomic E-state index is -0.355. The molecule has 2 atom stereocenters. The molecule has 0 bridgehead atoms. The van der Waals surface area contributed by atoms with Gasteiger partial charge in [0.05, 0.1) is 27.2 Å². The highest BCUT2D eigenvalue weighted by Gasteiger charge is 2.37. The van der Waals surface area contributed by atoms with Gasteiger partial charge in [0.25, 0.3) is 0 Å². The van der Waals surface area contributed by atoms with Gasteiger partial charge in [0, 0.05) is 35.1 Å². The van der Waals surface area contributed by atoms with Crippen LogP contribution in [0.2, 0.25) is 5.02 Å². The van der Waals surface area contributed by atoms with E-state index in [0.717, 1.165) is 9.39 Å². The number of halogens is 3. The molecule has 0 radical (unpaired) electrons. The van der Waals surface area contributed by atoms with Crippen molar-refractivity contribution < 1.29 is 9.18 Å². The number of hydrogen-bond donors (Lipinski definition) is 1. The quantitative estimate of drug-likeness (QED) is 0.276. The fourth-order valence-corrected chi connectivity index (χ4v) is 5.65. The van der Waals surface area contributed by atoms with Gasteiger partial charge >= 0.3 is 0 Å². The number of pyridine rings is 2. The summed E-state index contributed by atoms with van der Waals surface area (Å²) in [6.07, 6.45) is 7.36. The van der Waals surface area contributed by atoms with Gasteiger partial charge in [-0.1, -0.05) is 11.6 Å². The van der Waals surface area contributed by atoms with Crippen molar-refractivity contribution in [3.63, 3.8) is 0 Å². The Hall–Kier alpha value is -2.60. The standard InChI is InChI=1S/C22H20ClFIN7O/c1-11-5-13(6-12(2)31(11)22-18(25)7-14(24)9-27-22)19(33)16-10-26-20-15(16)8-17(23)21(30-20)32-28-3-4-29-32/h3-4,7-13H,5-6H2,1-2H3,(H,26,30)/t11-,12-/m1/s1. The van der Waals surface area contributed by atoms with Crippen LogP contribution in [0.5, 0.6) is 0 Å². The minimum absolute atomic E-state index is 0.0594. The summed E-state index contributed by atoms with van der Waals surface area (Å²) in [5.41, 5.74) is 1.13. The largest absolute Gasteiger partial charge is 0.350 e. The number of aromatic nitrogens is 6. The zero-order valence-corrected chi connectivity index (χ0v) is 20.7. The van der Waals surface area contributed by atoms with Crippen LogP contribution in [0.25, 0.3) is 16.9 Å². The summed E-state index contributed by atoms with van der Waals surface area (Å²) in [5.74, 6) is 0.697. The van der Waals surface area contributed by atoms with Gasteiger partial charge in [0.2, 0.25) is 0 Å². The van der Waals surface area contributed by atoms with Crippen molar-refractivity contribution in [2.24, 2.45) is 5.92 Å². The van der Waals surface area contributed by atoms with Crippen molar-refractivity contribution >= 4 is 56.8 Å². The van der Waals surface area contributed by atoms with Gasteiger partial charge in [-0.25, -0.2) is 14.4 Å². The van der Waals surface area contributed by atoms with Crippen LogP contribution in [0.4, 0.5) is 10.2 Å². The number of piperidine rings is 1. The Labute approximate surface area is 207 Å². The molecule has 4 aromatic heterocycles. The molecule has 0 spiro atoms. The summed E-state index contributed by atoms with van der Waals surface area (Å²) in [4.78, 5) is 29.0. The minimum Gasteiger partial charge on any atom is -0.350 e. The summed E-state index contributed by atoms with van der Waals surface area (Å²) in [6.45, 7) is 4.15. The first kappa shape index (κ1) is 22.2. The molecule has 5 rings (SSSR count). The van der Waals surface area contributed by atoms with Gasteiger partial charge in [0.15, 0.2) is 11.6 Å². The first-order valence-electron chi connectivity index (χ1n) is 10.5. The Kier molecular flexibility index (Phi) is 5.81. The lowest BCUT2D eigenvalue weighted by Crippen LogP contribution is -2.49. The SMILES string of the molecule is C[C@@H]1CC(C(=O)c2c[nH]c3nc(-n4nccn4)c(Cl)cc23)C[C@@H](C)N1c1ncc(F)cc1I. The number of aromatic amines is 1. The topological polar surface area (TPSA) is 92.6 Å². The highest BCUT2D eigenvalue weighted by atomic mass is 127. The molecule has 0 amide bonds. The second-order valence-corrected chi connectivity index (χ2v) is 9.88. The number of Topliss-reactive ketones (excluding diaryl/α,β-unsaturated/α-hetero) is 1. The summed E-state index contributed by atoms with van der Waals surface area (Å²) in [5, 5.41) is 9.19. The second-order valence-electron chi connectivity index (χ2n) is 8.31. The number of H-pyrrole nitrogens is 1. The lowest BCUT2D eigenvalue weighted by molar-refractivity contribution is 0.0879. The van der Waals surface area contributed by atoms with Crippen molar-refractivity contribution in [1.29, 1.82) is 0 Å². The molecule has 8 nitrogen and oxygen atoms in total. The molecule has 1 saturated heterocycles. The summed E-state index contributed by atoms with van der Waals surface area (Å²) in [6, 6.07) is 3.35. The third-order valence-corrected chi connectivity index (χ3v) is 7.15. The van der Waals surface area contributed by atoms with Crippen LogP contribution in [-0.2, 0) is 0 Å². The summed E-state index contributed by atoms with van der Waals surface area (Å²) >= 11 is 8.55. The molecule has 0 saturated carbocycles.